The van der Waals surface area contributed by atoms with Gasteiger partial charge in [-0.05, 0) is 96.0 Å². The Labute approximate surface area is 317 Å². The average molecular weight is 727 g/mol. The molecule has 1 unspecified atom stereocenters. The number of amides is 3. The SMILES string of the molecule is O=C1CCC(NC(=O)c2ccc(N3CCN(CCN4CCN(c5ccc([C@@H]6c7ccc(O)cc7CC[C@@H]6c6ccccc6)cc5)CC4)CC3)cc2)C(=O)N1. The average Bonchev–Trinajstić information content (AvgIpc) is 3.21. The number of nitrogens with zero attached hydrogens (tertiary/aromatic N) is 4. The van der Waals surface area contributed by atoms with Crippen molar-refractivity contribution in [2.24, 2.45) is 0 Å². The summed E-state index contributed by atoms with van der Waals surface area (Å²) in [5, 5.41) is 15.2. The van der Waals surface area contributed by atoms with E-state index in [1.165, 1.54) is 27.9 Å². The van der Waals surface area contributed by atoms with Gasteiger partial charge in [0.15, 0.2) is 0 Å². The van der Waals surface area contributed by atoms with Crippen LogP contribution in [0.1, 0.15) is 63.7 Å². The lowest BCUT2D eigenvalue weighted by molar-refractivity contribution is -0.134. The molecule has 280 valence electrons. The van der Waals surface area contributed by atoms with Crippen LogP contribution in [0, 0.1) is 0 Å². The number of piperidine rings is 1. The molecule has 4 aromatic rings. The molecule has 3 saturated heterocycles. The Morgan fingerprint density at radius 1 is 0.685 bits per heavy atom. The molecule has 0 radical (unpaired) electrons. The first-order valence-electron chi connectivity index (χ1n) is 19.5. The lowest BCUT2D eigenvalue weighted by atomic mass is 9.69. The number of phenols is 1. The maximum Gasteiger partial charge on any atom is 0.251 e. The van der Waals surface area contributed by atoms with Crippen LogP contribution in [-0.4, -0.2) is 104 Å². The van der Waals surface area contributed by atoms with Crippen LogP contribution in [0.4, 0.5) is 11.4 Å². The fourth-order valence-corrected chi connectivity index (χ4v) is 8.81. The zero-order chi connectivity index (χ0) is 37.0. The van der Waals surface area contributed by atoms with Crippen LogP contribution < -0.4 is 20.4 Å². The van der Waals surface area contributed by atoms with Crippen LogP contribution >= 0.6 is 0 Å². The summed E-state index contributed by atoms with van der Waals surface area (Å²) >= 11 is 0. The highest BCUT2D eigenvalue weighted by atomic mass is 16.3. The number of fused-ring (bicyclic) bond motifs is 1. The number of aromatic hydroxyl groups is 1. The number of hydrogen-bond donors (Lipinski definition) is 3. The van der Waals surface area contributed by atoms with E-state index in [4.69, 9.17) is 0 Å². The molecule has 1 aliphatic carbocycles. The van der Waals surface area contributed by atoms with Crippen LogP contribution in [0.3, 0.4) is 0 Å². The van der Waals surface area contributed by atoms with Gasteiger partial charge in [0, 0.05) is 94.7 Å². The number of benzene rings is 4. The van der Waals surface area contributed by atoms with Gasteiger partial charge >= 0.3 is 0 Å². The first kappa shape index (κ1) is 35.8. The molecular weight excluding hydrogens is 677 g/mol. The predicted octanol–water partition coefficient (Wildman–Crippen LogP) is 4.73. The lowest BCUT2D eigenvalue weighted by Gasteiger charge is -2.39. The van der Waals surface area contributed by atoms with Gasteiger partial charge in [0.1, 0.15) is 11.8 Å². The molecule has 3 amide bonds. The zero-order valence-electron chi connectivity index (χ0n) is 30.8. The van der Waals surface area contributed by atoms with Crippen molar-refractivity contribution in [2.45, 2.75) is 43.6 Å². The molecule has 3 aliphatic heterocycles. The number of phenolic OH excluding ortho intramolecular Hbond substituents is 1. The van der Waals surface area contributed by atoms with Gasteiger partial charge in [-0.3, -0.25) is 29.5 Å². The normalized spacial score (nSPS) is 22.4. The standard InChI is InChI=1S/C44H50N6O4/c51-37-15-17-39-34(30-37)10-16-38(31-4-2-1-3-5-31)42(39)32-6-11-35(12-7-32)49-26-22-47(23-27-49)20-21-48-24-28-50(29-25-48)36-13-8-33(9-14-36)43(53)45-40-18-19-41(52)46-44(40)54/h1-9,11-15,17,30,38,40,42,51H,10,16,18-29H2,(H,45,53)(H,46,52,54)/t38-,40?,42+/m1/s1. The third-order valence-electron chi connectivity index (χ3n) is 11.9. The number of nitrogens with one attached hydrogen (secondary N) is 2. The van der Waals surface area contributed by atoms with Gasteiger partial charge in [0.05, 0.1) is 0 Å². The molecule has 0 saturated carbocycles. The smallest absolute Gasteiger partial charge is 0.251 e. The Morgan fingerprint density at radius 3 is 1.91 bits per heavy atom. The van der Waals surface area contributed by atoms with E-state index in [2.05, 4.69) is 90.9 Å². The van der Waals surface area contributed by atoms with E-state index in [0.717, 1.165) is 84.0 Å². The number of rotatable bonds is 9. The van der Waals surface area contributed by atoms with E-state index in [-0.39, 0.29) is 24.2 Å². The summed E-state index contributed by atoms with van der Waals surface area (Å²) in [6.45, 7) is 10.2. The third-order valence-corrected chi connectivity index (χ3v) is 11.9. The molecule has 54 heavy (non-hydrogen) atoms. The van der Waals surface area contributed by atoms with E-state index < -0.39 is 11.9 Å². The predicted molar refractivity (Wildman–Crippen MR) is 211 cm³/mol. The molecule has 0 bridgehead atoms. The highest BCUT2D eigenvalue weighted by Crippen LogP contribution is 2.47. The van der Waals surface area contributed by atoms with Gasteiger partial charge in [0.25, 0.3) is 5.91 Å². The van der Waals surface area contributed by atoms with Crippen LogP contribution in [0.2, 0.25) is 0 Å². The number of carbonyl (C=O) groups is 3. The highest BCUT2D eigenvalue weighted by Gasteiger charge is 2.33. The lowest BCUT2D eigenvalue weighted by Crippen LogP contribution is -2.52. The monoisotopic (exact) mass is 726 g/mol. The Hall–Kier alpha value is -5.19. The van der Waals surface area contributed by atoms with Crippen LogP contribution in [-0.2, 0) is 16.0 Å². The topological polar surface area (TPSA) is 108 Å². The number of hydrogen-bond acceptors (Lipinski definition) is 8. The minimum Gasteiger partial charge on any atom is -0.508 e. The number of anilines is 2. The maximum atomic E-state index is 12.7. The number of aryl methyl sites for hydroxylation is 1. The molecule has 4 aromatic carbocycles. The van der Waals surface area contributed by atoms with Gasteiger partial charge in [-0.2, -0.15) is 0 Å². The van der Waals surface area contributed by atoms with Crippen molar-refractivity contribution in [3.8, 4) is 5.75 Å². The summed E-state index contributed by atoms with van der Waals surface area (Å²) in [6.07, 6.45) is 2.60. The van der Waals surface area contributed by atoms with Gasteiger partial charge in [-0.25, -0.2) is 0 Å². The van der Waals surface area contributed by atoms with Crippen LogP contribution in [0.5, 0.6) is 5.75 Å². The summed E-state index contributed by atoms with van der Waals surface area (Å²) in [4.78, 5) is 46.2. The molecule has 3 fully saturated rings. The molecule has 8 rings (SSSR count). The Balaban J connectivity index is 0.794. The molecular formula is C44H50N6O4. The second-order valence-corrected chi connectivity index (χ2v) is 15.2. The quantitative estimate of drug-likeness (QED) is 0.213. The molecule has 3 heterocycles. The largest absolute Gasteiger partial charge is 0.508 e. The van der Waals surface area contributed by atoms with Gasteiger partial charge in [0.2, 0.25) is 11.8 Å². The molecule has 3 N–H and O–H groups in total. The minimum absolute atomic E-state index is 0.232. The zero-order valence-corrected chi connectivity index (χ0v) is 30.8. The second kappa shape index (κ2) is 16.0. The first-order chi connectivity index (χ1) is 26.4. The van der Waals surface area contributed by atoms with Gasteiger partial charge < -0.3 is 20.2 Å². The molecule has 0 aromatic heterocycles. The van der Waals surface area contributed by atoms with E-state index in [9.17, 15) is 19.5 Å². The summed E-state index contributed by atoms with van der Waals surface area (Å²) < 4.78 is 0. The molecule has 10 nitrogen and oxygen atoms in total. The fraction of sp³-hybridized carbons (Fsp3) is 0.386. The van der Waals surface area contributed by atoms with Crippen molar-refractivity contribution in [3.05, 3.63) is 125 Å². The summed E-state index contributed by atoms with van der Waals surface area (Å²) in [7, 11) is 0. The molecule has 3 atom stereocenters. The fourth-order valence-electron chi connectivity index (χ4n) is 8.81. The van der Waals surface area contributed by atoms with Crippen molar-refractivity contribution in [1.82, 2.24) is 20.4 Å². The van der Waals surface area contributed by atoms with E-state index in [1.54, 1.807) is 12.1 Å². The van der Waals surface area contributed by atoms with Gasteiger partial charge in [-0.15, -0.1) is 0 Å². The highest BCUT2D eigenvalue weighted by molar-refractivity contribution is 6.03. The van der Waals surface area contributed by atoms with E-state index in [1.807, 2.05) is 24.3 Å². The Kier molecular flexibility index (Phi) is 10.6. The van der Waals surface area contributed by atoms with Gasteiger partial charge in [-0.1, -0.05) is 48.5 Å². The summed E-state index contributed by atoms with van der Waals surface area (Å²) in [5.41, 5.74) is 8.20. The Bertz CT molecular complexity index is 1940. The summed E-state index contributed by atoms with van der Waals surface area (Å²) in [5.74, 6) is -0.0299. The van der Waals surface area contributed by atoms with E-state index >= 15 is 0 Å². The molecule has 0 spiro atoms. The number of carbonyl (C=O) groups excluding carboxylic acids is 3. The molecule has 10 heteroatoms. The van der Waals surface area contributed by atoms with Crippen LogP contribution in [0.15, 0.2) is 97.1 Å². The van der Waals surface area contributed by atoms with Crippen LogP contribution in [0.25, 0.3) is 0 Å². The van der Waals surface area contributed by atoms with E-state index in [0.29, 0.717) is 23.7 Å². The van der Waals surface area contributed by atoms with Crippen molar-refractivity contribution < 1.29 is 19.5 Å². The van der Waals surface area contributed by atoms with Crippen molar-refractivity contribution in [1.29, 1.82) is 0 Å². The molecule has 4 aliphatic rings. The third kappa shape index (κ3) is 8.00. The number of imide groups is 1. The minimum atomic E-state index is -0.678. The van der Waals surface area contributed by atoms with Crippen molar-refractivity contribution in [3.63, 3.8) is 0 Å². The van der Waals surface area contributed by atoms with Crippen molar-refractivity contribution in [2.75, 3.05) is 75.2 Å². The second-order valence-electron chi connectivity index (χ2n) is 15.2. The summed E-state index contributed by atoms with van der Waals surface area (Å²) in [6, 6.07) is 33.0. The first-order valence-corrected chi connectivity index (χ1v) is 19.5. The Morgan fingerprint density at radius 2 is 1.30 bits per heavy atom. The maximum absolute atomic E-state index is 12.7. The van der Waals surface area contributed by atoms with Crippen molar-refractivity contribution >= 4 is 29.1 Å². The number of piperazine rings is 2.